The van der Waals surface area contributed by atoms with Crippen LogP contribution in [0.4, 0.5) is 0 Å². The summed E-state index contributed by atoms with van der Waals surface area (Å²) in [6.45, 7) is 1.07. The van der Waals surface area contributed by atoms with Crippen molar-refractivity contribution >= 4 is 27.5 Å². The van der Waals surface area contributed by atoms with E-state index in [2.05, 4.69) is 32.6 Å². The zero-order valence-corrected chi connectivity index (χ0v) is 13.3. The van der Waals surface area contributed by atoms with Crippen molar-refractivity contribution < 1.29 is 4.79 Å². The van der Waals surface area contributed by atoms with E-state index in [0.717, 1.165) is 15.7 Å². The van der Waals surface area contributed by atoms with Crippen LogP contribution in [0.15, 0.2) is 34.8 Å². The van der Waals surface area contributed by atoms with Crippen LogP contribution in [0, 0.1) is 0 Å². The number of amides is 1. The third-order valence-electron chi connectivity index (χ3n) is 3.06. The lowest BCUT2D eigenvalue weighted by molar-refractivity contribution is -0.145. The van der Waals surface area contributed by atoms with Crippen LogP contribution in [0.1, 0.15) is 12.0 Å². The van der Waals surface area contributed by atoms with Gasteiger partial charge in [-0.3, -0.25) is 9.80 Å². The Balaban J connectivity index is 2.36. The molecule has 1 heterocycles. The van der Waals surface area contributed by atoms with Crippen LogP contribution in [0.3, 0.4) is 0 Å². The monoisotopic (exact) mass is 338 g/mol. The number of hydrogen-bond acceptors (Lipinski definition) is 4. The van der Waals surface area contributed by atoms with Crippen LogP contribution in [-0.2, 0) is 4.79 Å². The molecule has 0 aromatic heterocycles. The van der Waals surface area contributed by atoms with Crippen LogP contribution in [0.5, 0.6) is 0 Å². The van der Waals surface area contributed by atoms with E-state index >= 15 is 0 Å². The van der Waals surface area contributed by atoms with Gasteiger partial charge in [-0.05, 0) is 32.3 Å². The van der Waals surface area contributed by atoms with Crippen LogP contribution in [0.25, 0.3) is 5.70 Å². The second kappa shape index (κ2) is 6.88. The zero-order valence-electron chi connectivity index (χ0n) is 11.7. The van der Waals surface area contributed by atoms with Gasteiger partial charge in [-0.1, -0.05) is 28.1 Å². The van der Waals surface area contributed by atoms with Crippen molar-refractivity contribution in [2.75, 3.05) is 27.4 Å². The predicted molar refractivity (Wildman–Crippen MR) is 83.3 cm³/mol. The van der Waals surface area contributed by atoms with Gasteiger partial charge in [0.15, 0.2) is 0 Å². The van der Waals surface area contributed by atoms with Crippen molar-refractivity contribution in [2.24, 2.45) is 0 Å². The van der Waals surface area contributed by atoms with E-state index in [4.69, 9.17) is 0 Å². The normalized spacial score (nSPS) is 15.6. The number of carbonyl (C=O) groups excluding carboxylic acids is 1. The predicted octanol–water partition coefficient (Wildman–Crippen LogP) is 1.59. The highest BCUT2D eigenvalue weighted by atomic mass is 79.9. The van der Waals surface area contributed by atoms with Crippen LogP contribution < -0.4 is 10.6 Å². The molecule has 0 spiro atoms. The van der Waals surface area contributed by atoms with E-state index < -0.39 is 0 Å². The summed E-state index contributed by atoms with van der Waals surface area (Å²) in [7, 11) is 3.71. The maximum absolute atomic E-state index is 12.1. The average molecular weight is 339 g/mol. The summed E-state index contributed by atoms with van der Waals surface area (Å²) in [5, 5.41) is 9.84. The van der Waals surface area contributed by atoms with E-state index in [9.17, 15) is 4.79 Å². The number of hydrazine groups is 1. The molecule has 0 saturated heterocycles. The Hall–Kier alpha value is -1.37. The van der Waals surface area contributed by atoms with Crippen molar-refractivity contribution in [3.63, 3.8) is 0 Å². The van der Waals surface area contributed by atoms with E-state index in [1.165, 1.54) is 0 Å². The molecule has 0 bridgehead atoms. The molecular formula is C14H19BrN4O. The number of rotatable bonds is 5. The standard InChI is InChI=1S/C14H19BrN4O/c1-16-9-18-13(11-4-3-5-12(15)8-11)6-7-14(20)19(18)10-17-2/h3-6,8,16-17H,7,9-10H2,1-2H3. The Bertz CT molecular complexity index is 518. The lowest BCUT2D eigenvalue weighted by Gasteiger charge is -2.40. The molecule has 5 nitrogen and oxygen atoms in total. The highest BCUT2D eigenvalue weighted by Gasteiger charge is 2.27. The summed E-state index contributed by atoms with van der Waals surface area (Å²) >= 11 is 3.49. The number of nitrogens with zero attached hydrogens (tertiary/aromatic N) is 2. The Morgan fingerprint density at radius 3 is 2.55 bits per heavy atom. The molecular weight excluding hydrogens is 320 g/mol. The summed E-state index contributed by atoms with van der Waals surface area (Å²) in [5.74, 6) is 0.0911. The molecule has 0 unspecified atom stereocenters. The summed E-state index contributed by atoms with van der Waals surface area (Å²) in [5.41, 5.74) is 2.12. The van der Waals surface area contributed by atoms with Crippen molar-refractivity contribution in [1.29, 1.82) is 0 Å². The van der Waals surface area contributed by atoms with Gasteiger partial charge in [0.1, 0.15) is 0 Å². The fourth-order valence-corrected chi connectivity index (χ4v) is 2.62. The molecule has 1 aliphatic heterocycles. The Kier molecular flexibility index (Phi) is 5.17. The molecule has 1 aliphatic rings. The average Bonchev–Trinajstić information content (AvgIpc) is 2.43. The van der Waals surface area contributed by atoms with Crippen molar-refractivity contribution in [3.05, 3.63) is 40.4 Å². The van der Waals surface area contributed by atoms with Crippen molar-refractivity contribution in [3.8, 4) is 0 Å². The summed E-state index contributed by atoms with van der Waals surface area (Å²) in [6.07, 6.45) is 2.40. The fourth-order valence-electron chi connectivity index (χ4n) is 2.22. The topological polar surface area (TPSA) is 47.6 Å². The number of carbonyl (C=O) groups is 1. The highest BCUT2D eigenvalue weighted by molar-refractivity contribution is 9.10. The summed E-state index contributed by atoms with van der Waals surface area (Å²) < 4.78 is 1.03. The second-order valence-corrected chi connectivity index (χ2v) is 5.44. The third-order valence-corrected chi connectivity index (χ3v) is 3.56. The van der Waals surface area contributed by atoms with Gasteiger partial charge in [0.05, 0.1) is 19.0 Å². The van der Waals surface area contributed by atoms with Crippen LogP contribution in [0.2, 0.25) is 0 Å². The largest absolute Gasteiger partial charge is 0.301 e. The Morgan fingerprint density at radius 1 is 1.20 bits per heavy atom. The van der Waals surface area contributed by atoms with Gasteiger partial charge < -0.3 is 10.6 Å². The Labute approximate surface area is 127 Å². The number of hydrogen-bond donors (Lipinski definition) is 2. The van der Waals surface area contributed by atoms with Gasteiger partial charge in [0.25, 0.3) is 0 Å². The minimum absolute atomic E-state index is 0.0911. The molecule has 2 rings (SSSR count). The maximum Gasteiger partial charge on any atom is 0.246 e. The van der Waals surface area contributed by atoms with Gasteiger partial charge in [-0.2, -0.15) is 0 Å². The zero-order chi connectivity index (χ0) is 14.5. The van der Waals surface area contributed by atoms with Gasteiger partial charge in [-0.25, -0.2) is 5.01 Å². The first kappa shape index (κ1) is 15.0. The molecule has 2 N–H and O–H groups in total. The molecule has 0 radical (unpaired) electrons. The lowest BCUT2D eigenvalue weighted by atomic mass is 10.1. The first-order chi connectivity index (χ1) is 9.67. The van der Waals surface area contributed by atoms with Crippen LogP contribution in [-0.4, -0.2) is 43.4 Å². The number of benzene rings is 1. The smallest absolute Gasteiger partial charge is 0.246 e. The molecule has 1 aromatic rings. The minimum atomic E-state index is 0.0911. The van der Waals surface area contributed by atoms with Crippen molar-refractivity contribution in [2.45, 2.75) is 6.42 Å². The fraction of sp³-hybridized carbons (Fsp3) is 0.357. The van der Waals surface area contributed by atoms with E-state index in [1.807, 2.05) is 43.4 Å². The maximum atomic E-state index is 12.1. The Morgan fingerprint density at radius 2 is 1.90 bits per heavy atom. The van der Waals surface area contributed by atoms with E-state index in [-0.39, 0.29) is 5.91 Å². The quantitative estimate of drug-likeness (QED) is 0.856. The third kappa shape index (κ3) is 3.20. The first-order valence-corrected chi connectivity index (χ1v) is 7.29. The molecule has 20 heavy (non-hydrogen) atoms. The molecule has 1 amide bonds. The molecule has 0 saturated carbocycles. The molecule has 0 atom stereocenters. The number of halogens is 1. The summed E-state index contributed by atoms with van der Waals surface area (Å²) in [4.78, 5) is 12.1. The molecule has 108 valence electrons. The lowest BCUT2D eigenvalue weighted by Crippen LogP contribution is -2.53. The highest BCUT2D eigenvalue weighted by Crippen LogP contribution is 2.27. The van der Waals surface area contributed by atoms with Gasteiger partial charge in [-0.15, -0.1) is 0 Å². The van der Waals surface area contributed by atoms with Crippen LogP contribution >= 0.6 is 15.9 Å². The molecule has 0 aliphatic carbocycles. The minimum Gasteiger partial charge on any atom is -0.301 e. The molecule has 1 aromatic carbocycles. The van der Waals surface area contributed by atoms with E-state index in [1.54, 1.807) is 5.01 Å². The van der Waals surface area contributed by atoms with Gasteiger partial charge in [0.2, 0.25) is 5.91 Å². The number of nitrogens with one attached hydrogen (secondary N) is 2. The van der Waals surface area contributed by atoms with Gasteiger partial charge >= 0.3 is 0 Å². The summed E-state index contributed by atoms with van der Waals surface area (Å²) in [6, 6.07) is 8.09. The molecule has 0 fully saturated rings. The van der Waals surface area contributed by atoms with E-state index in [0.29, 0.717) is 19.8 Å². The van der Waals surface area contributed by atoms with Crippen molar-refractivity contribution in [1.82, 2.24) is 20.7 Å². The second-order valence-electron chi connectivity index (χ2n) is 4.52. The van der Waals surface area contributed by atoms with Gasteiger partial charge in [0, 0.05) is 16.5 Å². The first-order valence-electron chi connectivity index (χ1n) is 6.50. The SMILES string of the molecule is CNCN1C(=O)CC=C(c2cccc(Br)c2)N1CNC. The molecule has 6 heteroatoms.